The van der Waals surface area contributed by atoms with Gasteiger partial charge in [-0.3, -0.25) is 4.79 Å². The van der Waals surface area contributed by atoms with Crippen LogP contribution in [0.4, 0.5) is 4.39 Å². The van der Waals surface area contributed by atoms with Gasteiger partial charge in [0.15, 0.2) is 0 Å². The zero-order chi connectivity index (χ0) is 11.8. The van der Waals surface area contributed by atoms with Gasteiger partial charge in [-0.2, -0.15) is 0 Å². The number of Topliss-reactive ketones (excluding diaryl/α,β-unsaturated/α-hetero) is 1. The number of hydrogen-bond donors (Lipinski definition) is 0. The lowest BCUT2D eigenvalue weighted by Crippen LogP contribution is -2.26. The van der Waals surface area contributed by atoms with E-state index in [2.05, 4.69) is 10.0 Å². The molecule has 1 aliphatic rings. The summed E-state index contributed by atoms with van der Waals surface area (Å²) in [6, 6.07) is 4.72. The fourth-order valence-electron chi connectivity index (χ4n) is 1.82. The largest absolute Gasteiger partial charge is 0.496 e. The fraction of sp³-hybridized carbons (Fsp3) is 0.300. The predicted octanol–water partition coefficient (Wildman–Crippen LogP) is 2.41. The first-order valence-electron chi connectivity index (χ1n) is 4.58. The zero-order valence-corrected chi connectivity index (χ0v) is 8.48. The Hall–Kier alpha value is -2.07. The van der Waals surface area contributed by atoms with Crippen molar-refractivity contribution in [2.45, 2.75) is 12.2 Å². The lowest BCUT2D eigenvalue weighted by Gasteiger charge is -2.08. The van der Waals surface area contributed by atoms with E-state index in [1.807, 2.05) is 0 Å². The van der Waals surface area contributed by atoms with Crippen molar-refractivity contribution >= 4 is 5.78 Å². The third kappa shape index (κ3) is 1.31. The number of ketones is 1. The number of azide groups is 1. The number of carbonyl (C=O) groups excluding carboxylic acids is 1. The Bertz CT molecular complexity index is 511. The Balaban J connectivity index is 2.57. The number of fused-ring (bicyclic) bond motifs is 1. The lowest BCUT2D eigenvalue weighted by molar-refractivity contribution is 0.0735. The van der Waals surface area contributed by atoms with Crippen molar-refractivity contribution in [3.05, 3.63) is 39.8 Å². The van der Waals surface area contributed by atoms with Gasteiger partial charge in [0, 0.05) is 22.5 Å². The Morgan fingerprint density at radius 3 is 3.00 bits per heavy atom. The second-order valence-electron chi connectivity index (χ2n) is 3.44. The normalized spacial score (nSPS) is 22.5. The van der Waals surface area contributed by atoms with Crippen molar-refractivity contribution in [1.29, 1.82) is 0 Å². The summed E-state index contributed by atoms with van der Waals surface area (Å²) in [6.07, 6.45) is -0.269. The molecule has 2 rings (SSSR count). The molecular weight excluding hydrogens is 213 g/mol. The molecule has 0 saturated heterocycles. The Labute approximate surface area is 90.5 Å². The highest BCUT2D eigenvalue weighted by Gasteiger charge is 2.46. The van der Waals surface area contributed by atoms with Crippen LogP contribution in [0.1, 0.15) is 15.9 Å². The number of ether oxygens (including phenoxy) is 1. The minimum absolute atomic E-state index is 0.217. The van der Waals surface area contributed by atoms with Crippen molar-refractivity contribution in [3.63, 3.8) is 0 Å². The summed E-state index contributed by atoms with van der Waals surface area (Å²) in [7, 11) is 1.44. The summed E-state index contributed by atoms with van der Waals surface area (Å²) in [6.45, 7) is 0. The van der Waals surface area contributed by atoms with Crippen LogP contribution < -0.4 is 4.74 Å². The molecule has 1 atom stereocenters. The summed E-state index contributed by atoms with van der Waals surface area (Å²) in [5.41, 5.74) is 8.92. The Kier molecular flexibility index (Phi) is 2.29. The van der Waals surface area contributed by atoms with Gasteiger partial charge in [-0.1, -0.05) is 12.1 Å². The van der Waals surface area contributed by atoms with Crippen LogP contribution in [-0.4, -0.2) is 18.7 Å². The summed E-state index contributed by atoms with van der Waals surface area (Å²) in [4.78, 5) is 14.0. The van der Waals surface area contributed by atoms with Crippen LogP contribution in [0.5, 0.6) is 5.75 Å². The molecule has 16 heavy (non-hydrogen) atoms. The number of carbonyl (C=O) groups is 1. The van der Waals surface area contributed by atoms with Gasteiger partial charge in [-0.05, 0) is 16.7 Å². The maximum Gasteiger partial charge on any atom is 0.255 e. The molecule has 0 heterocycles. The monoisotopic (exact) mass is 221 g/mol. The van der Waals surface area contributed by atoms with Crippen molar-refractivity contribution in [1.82, 2.24) is 0 Å². The van der Waals surface area contributed by atoms with Gasteiger partial charge in [-0.25, -0.2) is 4.39 Å². The first-order valence-corrected chi connectivity index (χ1v) is 4.58. The van der Waals surface area contributed by atoms with Gasteiger partial charge >= 0.3 is 0 Å². The van der Waals surface area contributed by atoms with Crippen LogP contribution in [0.25, 0.3) is 10.4 Å². The van der Waals surface area contributed by atoms with Crippen molar-refractivity contribution in [3.8, 4) is 5.75 Å². The highest BCUT2D eigenvalue weighted by atomic mass is 19.1. The second kappa shape index (κ2) is 3.50. The maximum atomic E-state index is 14.0. The van der Waals surface area contributed by atoms with Crippen LogP contribution in [0, 0.1) is 0 Å². The highest BCUT2D eigenvalue weighted by Crippen LogP contribution is 2.38. The molecule has 0 bridgehead atoms. The van der Waals surface area contributed by atoms with Crippen LogP contribution in [0.2, 0.25) is 0 Å². The summed E-state index contributed by atoms with van der Waals surface area (Å²) in [5, 5.41) is 2.94. The van der Waals surface area contributed by atoms with E-state index in [0.29, 0.717) is 11.3 Å². The lowest BCUT2D eigenvalue weighted by atomic mass is 10.1. The molecule has 1 unspecified atom stereocenters. The molecule has 0 amide bonds. The van der Waals surface area contributed by atoms with Gasteiger partial charge in [0.05, 0.1) is 7.11 Å². The Morgan fingerprint density at radius 2 is 2.38 bits per heavy atom. The third-order valence-corrected chi connectivity index (χ3v) is 2.56. The zero-order valence-electron chi connectivity index (χ0n) is 8.48. The first-order chi connectivity index (χ1) is 7.62. The molecule has 0 aromatic heterocycles. The van der Waals surface area contributed by atoms with Crippen LogP contribution in [0.15, 0.2) is 23.3 Å². The van der Waals surface area contributed by atoms with Gasteiger partial charge in [0.25, 0.3) is 5.79 Å². The van der Waals surface area contributed by atoms with Gasteiger partial charge in [0.1, 0.15) is 5.75 Å². The molecule has 5 nitrogen and oxygen atoms in total. The minimum atomic E-state index is -2.51. The van der Waals surface area contributed by atoms with E-state index in [1.54, 1.807) is 12.1 Å². The molecule has 0 spiro atoms. The molecule has 1 aliphatic carbocycles. The number of rotatable bonds is 2. The van der Waals surface area contributed by atoms with Gasteiger partial charge in [-0.15, -0.1) is 0 Å². The maximum absolute atomic E-state index is 14.0. The minimum Gasteiger partial charge on any atom is -0.496 e. The number of alkyl halides is 1. The van der Waals surface area contributed by atoms with E-state index >= 15 is 0 Å². The van der Waals surface area contributed by atoms with Crippen LogP contribution in [0.3, 0.4) is 0 Å². The van der Waals surface area contributed by atoms with Crippen molar-refractivity contribution in [2.24, 2.45) is 5.11 Å². The molecule has 0 N–H and O–H groups in total. The molecule has 1 aromatic carbocycles. The molecule has 6 heteroatoms. The Morgan fingerprint density at radius 1 is 1.62 bits per heavy atom. The van der Waals surface area contributed by atoms with Crippen molar-refractivity contribution in [2.75, 3.05) is 7.11 Å². The SMILES string of the molecule is COc1cccc2c1CC(F)(N=[N+]=[N-])C2=O. The molecule has 0 radical (unpaired) electrons. The van der Waals surface area contributed by atoms with Crippen molar-refractivity contribution < 1.29 is 13.9 Å². The average Bonchev–Trinajstić information content (AvgIpc) is 2.52. The molecule has 0 aliphatic heterocycles. The molecule has 0 fully saturated rings. The molecule has 1 aromatic rings. The van der Waals surface area contributed by atoms with Gasteiger partial charge in [0.2, 0.25) is 5.78 Å². The van der Waals surface area contributed by atoms with Crippen LogP contribution in [-0.2, 0) is 6.42 Å². The average molecular weight is 221 g/mol. The summed E-state index contributed by atoms with van der Waals surface area (Å²) < 4.78 is 19.0. The highest BCUT2D eigenvalue weighted by molar-refractivity contribution is 6.07. The quantitative estimate of drug-likeness (QED) is 0.333. The van der Waals surface area contributed by atoms with Gasteiger partial charge < -0.3 is 4.74 Å². The first kappa shape index (κ1) is 10.4. The molecular formula is C10H8FN3O2. The summed E-state index contributed by atoms with van der Waals surface area (Å²) in [5.74, 6) is -2.89. The van der Waals surface area contributed by atoms with E-state index in [-0.39, 0.29) is 12.0 Å². The second-order valence-corrected chi connectivity index (χ2v) is 3.44. The number of benzene rings is 1. The smallest absolute Gasteiger partial charge is 0.255 e. The van der Waals surface area contributed by atoms with E-state index in [0.717, 1.165) is 0 Å². The number of hydrogen-bond acceptors (Lipinski definition) is 3. The predicted molar refractivity (Wildman–Crippen MR) is 54.0 cm³/mol. The number of methoxy groups -OCH3 is 1. The molecule has 0 saturated carbocycles. The number of halogens is 1. The van der Waals surface area contributed by atoms with Crippen LogP contribution >= 0.6 is 0 Å². The van der Waals surface area contributed by atoms with E-state index < -0.39 is 11.6 Å². The summed E-state index contributed by atoms with van der Waals surface area (Å²) >= 11 is 0. The fourth-order valence-corrected chi connectivity index (χ4v) is 1.82. The number of nitrogens with zero attached hydrogens (tertiary/aromatic N) is 3. The topological polar surface area (TPSA) is 75.1 Å². The van der Waals surface area contributed by atoms with E-state index in [4.69, 9.17) is 10.3 Å². The van der Waals surface area contributed by atoms with E-state index in [1.165, 1.54) is 13.2 Å². The third-order valence-electron chi connectivity index (χ3n) is 2.56. The molecule has 82 valence electrons. The van der Waals surface area contributed by atoms with E-state index in [9.17, 15) is 9.18 Å². The standard InChI is InChI=1S/C10H8FN3O2/c1-16-8-4-2-3-6-7(8)5-10(11,9(6)15)13-14-12/h2-4H,5H2,1H3.